The first-order chi connectivity index (χ1) is 11.0. The molecule has 0 aliphatic heterocycles. The van der Waals surface area contributed by atoms with Gasteiger partial charge in [0.2, 0.25) is 0 Å². The highest BCUT2D eigenvalue weighted by Gasteiger charge is 1.98. The van der Waals surface area contributed by atoms with Gasteiger partial charge in [0.15, 0.2) is 0 Å². The molecule has 0 aliphatic carbocycles. The van der Waals surface area contributed by atoms with Crippen LogP contribution in [0.25, 0.3) is 0 Å². The van der Waals surface area contributed by atoms with E-state index in [2.05, 4.69) is 16.9 Å². The van der Waals surface area contributed by atoms with Crippen LogP contribution in [0.4, 0.5) is 0 Å². The molecule has 0 saturated heterocycles. The summed E-state index contributed by atoms with van der Waals surface area (Å²) in [7, 11) is 1.43. The average molecular weight is 294 g/mol. The minimum atomic E-state index is -1.34. The second-order valence-electron chi connectivity index (χ2n) is 4.97. The third-order valence-corrected chi connectivity index (χ3v) is 3.08. The first kappa shape index (κ1) is 16.1. The van der Waals surface area contributed by atoms with Crippen LogP contribution in [0.15, 0.2) is 36.5 Å². The minimum Gasteiger partial charge on any atom is -0.469 e. The van der Waals surface area contributed by atoms with Crippen molar-refractivity contribution >= 4 is 5.97 Å². The van der Waals surface area contributed by atoms with Crippen molar-refractivity contribution < 1.29 is 12.3 Å². The highest BCUT2D eigenvalue weighted by Crippen LogP contribution is 2.08. The van der Waals surface area contributed by atoms with E-state index in [-0.39, 0.29) is 5.97 Å². The number of methoxy groups -OCH3 is 1. The minimum absolute atomic E-state index is 0.115. The maximum atomic E-state index is 10.9. The molecule has 0 aliphatic rings. The number of rotatable bonds is 13. The highest BCUT2D eigenvalue weighted by atomic mass is 16.5. The zero-order chi connectivity index (χ0) is 17.4. The molecule has 0 aromatic rings. The van der Waals surface area contributed by atoms with E-state index in [1.165, 1.54) is 20.0 Å². The maximum absolute atomic E-state index is 10.9. The van der Waals surface area contributed by atoms with E-state index in [1.54, 1.807) is 12.2 Å². The predicted molar refractivity (Wildman–Crippen MR) is 91.3 cm³/mol. The van der Waals surface area contributed by atoms with Crippen molar-refractivity contribution in [1.82, 2.24) is 0 Å². The van der Waals surface area contributed by atoms with Crippen LogP contribution in [0.1, 0.15) is 73.8 Å². The van der Waals surface area contributed by atoms with Gasteiger partial charge in [0, 0.05) is 9.16 Å². The fourth-order valence-electron chi connectivity index (χ4n) is 1.83. The van der Waals surface area contributed by atoms with Crippen LogP contribution in [-0.4, -0.2) is 13.1 Å². The Hall–Kier alpha value is -1.31. The molecule has 0 amide bonds. The molecule has 0 saturated carbocycles. The molecule has 0 unspecified atom stereocenters. The summed E-state index contributed by atoms with van der Waals surface area (Å²) in [5.74, 6) is -0.115. The van der Waals surface area contributed by atoms with Gasteiger partial charge in [0.1, 0.15) is 0 Å². The SMILES string of the molecule is [2H]C([2H])(/C=C\CC)/C=C\C/C=C\CCCCCCCC(=O)OC. The molecule has 0 fully saturated rings. The lowest BCUT2D eigenvalue weighted by atomic mass is 10.1. The largest absolute Gasteiger partial charge is 0.469 e. The van der Waals surface area contributed by atoms with Crippen LogP contribution in [0.5, 0.6) is 0 Å². The second-order valence-corrected chi connectivity index (χ2v) is 4.97. The topological polar surface area (TPSA) is 26.3 Å². The summed E-state index contributed by atoms with van der Waals surface area (Å²) in [5.41, 5.74) is 0. The van der Waals surface area contributed by atoms with Crippen molar-refractivity contribution in [3.8, 4) is 0 Å². The number of esters is 1. The van der Waals surface area contributed by atoms with Gasteiger partial charge in [0.25, 0.3) is 0 Å². The van der Waals surface area contributed by atoms with Crippen molar-refractivity contribution in [2.24, 2.45) is 0 Å². The number of hydrogen-bond donors (Lipinski definition) is 0. The Morgan fingerprint density at radius 3 is 2.38 bits per heavy atom. The average Bonchev–Trinajstić information content (AvgIpc) is 2.53. The van der Waals surface area contributed by atoms with Crippen LogP contribution in [0.2, 0.25) is 0 Å². The number of carbonyl (C=O) groups excluding carboxylic acids is 1. The van der Waals surface area contributed by atoms with Crippen LogP contribution < -0.4 is 0 Å². The van der Waals surface area contributed by atoms with Gasteiger partial charge in [-0.2, -0.15) is 0 Å². The number of unbranched alkanes of at least 4 members (excludes halogenated alkanes) is 5. The van der Waals surface area contributed by atoms with Gasteiger partial charge in [0.05, 0.1) is 7.11 Å². The van der Waals surface area contributed by atoms with Crippen molar-refractivity contribution in [3.05, 3.63) is 36.5 Å². The Bertz CT molecular complexity index is 385. The fraction of sp³-hybridized carbons (Fsp3) is 0.632. The molecule has 0 N–H and O–H groups in total. The van der Waals surface area contributed by atoms with E-state index in [0.717, 1.165) is 38.5 Å². The quantitative estimate of drug-likeness (QED) is 0.246. The lowest BCUT2D eigenvalue weighted by molar-refractivity contribution is -0.140. The van der Waals surface area contributed by atoms with E-state index in [0.29, 0.717) is 6.42 Å². The number of hydrogen-bond acceptors (Lipinski definition) is 2. The summed E-state index contributed by atoms with van der Waals surface area (Å²) in [4.78, 5) is 10.9. The number of carbonyl (C=O) groups is 1. The zero-order valence-electron chi connectivity index (χ0n) is 15.6. The van der Waals surface area contributed by atoms with Crippen LogP contribution in [0.3, 0.4) is 0 Å². The zero-order valence-corrected chi connectivity index (χ0v) is 13.6. The molecule has 0 radical (unpaired) electrons. The van der Waals surface area contributed by atoms with Crippen molar-refractivity contribution in [2.75, 3.05) is 7.11 Å². The van der Waals surface area contributed by atoms with Gasteiger partial charge in [-0.15, -0.1) is 0 Å². The summed E-state index contributed by atoms with van der Waals surface area (Å²) < 4.78 is 20.1. The molecule has 0 bridgehead atoms. The lowest BCUT2D eigenvalue weighted by Crippen LogP contribution is -1.98. The van der Waals surface area contributed by atoms with Crippen molar-refractivity contribution in [3.63, 3.8) is 0 Å². The summed E-state index contributed by atoms with van der Waals surface area (Å²) in [6.45, 7) is 2.00. The van der Waals surface area contributed by atoms with E-state index in [1.807, 2.05) is 19.1 Å². The fourth-order valence-corrected chi connectivity index (χ4v) is 1.83. The normalized spacial score (nSPS) is 14.0. The van der Waals surface area contributed by atoms with Crippen LogP contribution in [0, 0.1) is 0 Å². The highest BCUT2D eigenvalue weighted by molar-refractivity contribution is 5.68. The van der Waals surface area contributed by atoms with Gasteiger partial charge in [-0.3, -0.25) is 4.79 Å². The molecule has 120 valence electrons. The summed E-state index contributed by atoms with van der Waals surface area (Å²) in [6, 6.07) is 0. The molecule has 21 heavy (non-hydrogen) atoms. The molecular weight excluding hydrogens is 260 g/mol. The van der Waals surface area contributed by atoms with Gasteiger partial charge >= 0.3 is 5.97 Å². The van der Waals surface area contributed by atoms with Gasteiger partial charge < -0.3 is 4.74 Å². The Kier molecular flexibility index (Phi) is 12.8. The standard InChI is InChI=1S/C19H32O2/c1-3-4-5-6-7-8-9-10-11-12-13-14-15-16-17-18-19(20)21-2/h4-5,7-8,10-11H,3,6,9,12-18H2,1-2H3/b5-4-,8-7-,11-10-/i6D2. The van der Waals surface area contributed by atoms with Crippen LogP contribution >= 0.6 is 0 Å². The maximum Gasteiger partial charge on any atom is 0.305 e. The lowest BCUT2D eigenvalue weighted by Gasteiger charge is -1.99. The third-order valence-electron chi connectivity index (χ3n) is 3.08. The van der Waals surface area contributed by atoms with Gasteiger partial charge in [-0.25, -0.2) is 0 Å². The smallest absolute Gasteiger partial charge is 0.305 e. The van der Waals surface area contributed by atoms with E-state index in [9.17, 15) is 4.79 Å². The molecule has 0 atom stereocenters. The monoisotopic (exact) mass is 294 g/mol. The molecule has 0 spiro atoms. The molecular formula is C19H32O2. The second kappa shape index (κ2) is 16.7. The Labute approximate surface area is 133 Å². The Balaban J connectivity index is 3.54. The number of allylic oxidation sites excluding steroid dienone is 6. The third kappa shape index (κ3) is 16.6. The van der Waals surface area contributed by atoms with E-state index >= 15 is 0 Å². The molecule has 0 rings (SSSR count). The number of ether oxygens (including phenoxy) is 1. The first-order valence-electron chi connectivity index (χ1n) is 9.09. The molecule has 0 aromatic carbocycles. The summed E-state index contributed by atoms with van der Waals surface area (Å²) >= 11 is 0. The molecule has 0 heterocycles. The Morgan fingerprint density at radius 2 is 1.62 bits per heavy atom. The molecule has 0 aromatic heterocycles. The molecule has 2 heteroatoms. The molecule has 2 nitrogen and oxygen atoms in total. The summed E-state index contributed by atoms with van der Waals surface area (Å²) in [6.07, 6.45) is 18.6. The van der Waals surface area contributed by atoms with E-state index < -0.39 is 6.37 Å². The Morgan fingerprint density at radius 1 is 0.952 bits per heavy atom. The summed E-state index contributed by atoms with van der Waals surface area (Å²) in [5, 5.41) is 0. The predicted octanol–water partition coefficient (Wildman–Crippen LogP) is 5.75. The van der Waals surface area contributed by atoms with Gasteiger partial charge in [-0.1, -0.05) is 62.6 Å². The first-order valence-corrected chi connectivity index (χ1v) is 8.09. The van der Waals surface area contributed by atoms with Gasteiger partial charge in [-0.05, 0) is 38.5 Å². The van der Waals surface area contributed by atoms with Crippen molar-refractivity contribution in [1.29, 1.82) is 0 Å². The van der Waals surface area contributed by atoms with Crippen LogP contribution in [-0.2, 0) is 9.53 Å². The van der Waals surface area contributed by atoms with E-state index in [4.69, 9.17) is 2.74 Å². The van der Waals surface area contributed by atoms with Crippen molar-refractivity contribution in [2.45, 2.75) is 71.1 Å².